The largest absolute Gasteiger partial charge is 0.325 e. The highest BCUT2D eigenvalue weighted by atomic mass is 16.2. The fraction of sp³-hybridized carbons (Fsp3) is 0.240. The molecule has 178 valence electrons. The van der Waals surface area contributed by atoms with Gasteiger partial charge in [-0.3, -0.25) is 30.1 Å². The van der Waals surface area contributed by atoms with E-state index in [-0.39, 0.29) is 11.5 Å². The van der Waals surface area contributed by atoms with Gasteiger partial charge in [0.25, 0.3) is 17.7 Å². The molecule has 35 heavy (non-hydrogen) atoms. The Kier molecular flexibility index (Phi) is 5.56. The number of rotatable bonds is 6. The number of hydrazine groups is 1. The van der Waals surface area contributed by atoms with E-state index in [2.05, 4.69) is 21.3 Å². The van der Waals surface area contributed by atoms with Crippen molar-refractivity contribution < 1.29 is 19.2 Å². The van der Waals surface area contributed by atoms with Gasteiger partial charge < -0.3 is 5.32 Å². The van der Waals surface area contributed by atoms with Gasteiger partial charge >= 0.3 is 6.03 Å². The Morgan fingerprint density at radius 1 is 1.03 bits per heavy atom. The standard InChI is InChI=1S/C25H24N6O4/c1-25(17-12-13-17)23(34)30(24(35)26-25)15-20(32)27-28-22(33)19-14-31(18-10-6-3-7-11-18)29-21(19)16-8-4-2-5-9-16/h2-11,14,17H,12-13,15H2,1H3,(H,26,35)(H,27,32)(H,28,33). The predicted octanol–water partition coefficient (Wildman–Crippen LogP) is 2.02. The number of hydrogen-bond donors (Lipinski definition) is 3. The normalized spacial score (nSPS) is 19.4. The summed E-state index contributed by atoms with van der Waals surface area (Å²) in [4.78, 5) is 51.4. The van der Waals surface area contributed by atoms with Crippen molar-refractivity contribution in [2.24, 2.45) is 5.92 Å². The van der Waals surface area contributed by atoms with Gasteiger partial charge in [0.15, 0.2) is 0 Å². The van der Waals surface area contributed by atoms with Crippen LogP contribution in [0.4, 0.5) is 4.79 Å². The van der Waals surface area contributed by atoms with Crippen LogP contribution < -0.4 is 16.2 Å². The first-order valence-corrected chi connectivity index (χ1v) is 11.3. The molecule has 1 unspecified atom stereocenters. The summed E-state index contributed by atoms with van der Waals surface area (Å²) in [5.41, 5.74) is 5.89. The average Bonchev–Trinajstić information content (AvgIpc) is 3.61. The minimum atomic E-state index is -0.975. The van der Waals surface area contributed by atoms with Gasteiger partial charge in [-0.05, 0) is 37.8 Å². The molecule has 0 radical (unpaired) electrons. The number of nitrogens with one attached hydrogen (secondary N) is 3. The topological polar surface area (TPSA) is 125 Å². The highest BCUT2D eigenvalue weighted by Crippen LogP contribution is 2.42. The Morgan fingerprint density at radius 3 is 2.34 bits per heavy atom. The lowest BCUT2D eigenvalue weighted by atomic mass is 9.96. The molecule has 3 N–H and O–H groups in total. The molecule has 5 amide bonds. The molecule has 2 aliphatic rings. The molecule has 1 saturated heterocycles. The molecule has 1 atom stereocenters. The molecule has 5 rings (SSSR count). The van der Waals surface area contributed by atoms with Crippen LogP contribution in [0.5, 0.6) is 0 Å². The maximum Gasteiger partial charge on any atom is 0.325 e. The SMILES string of the molecule is CC1(C2CC2)NC(=O)N(CC(=O)NNC(=O)c2cn(-c3ccccc3)nc2-c2ccccc2)C1=O. The third-order valence-electron chi connectivity index (χ3n) is 6.34. The Labute approximate surface area is 201 Å². The van der Waals surface area contributed by atoms with E-state index in [0.717, 1.165) is 29.0 Å². The zero-order valence-electron chi connectivity index (χ0n) is 19.0. The van der Waals surface area contributed by atoms with Crippen LogP contribution in [-0.4, -0.2) is 50.5 Å². The Balaban J connectivity index is 1.30. The molecule has 2 heterocycles. The number of nitrogens with zero attached hydrogens (tertiary/aromatic N) is 3. The van der Waals surface area contributed by atoms with Gasteiger partial charge in [0.1, 0.15) is 17.8 Å². The number of carbonyl (C=O) groups excluding carboxylic acids is 4. The smallest absolute Gasteiger partial charge is 0.323 e. The van der Waals surface area contributed by atoms with Crippen molar-refractivity contribution in [1.82, 2.24) is 30.8 Å². The monoisotopic (exact) mass is 472 g/mol. The van der Waals surface area contributed by atoms with Crippen molar-refractivity contribution in [2.45, 2.75) is 25.3 Å². The highest BCUT2D eigenvalue weighted by Gasteiger charge is 2.56. The van der Waals surface area contributed by atoms with Crippen LogP contribution in [0.25, 0.3) is 16.9 Å². The van der Waals surface area contributed by atoms with E-state index in [9.17, 15) is 19.2 Å². The molecule has 1 aliphatic heterocycles. The van der Waals surface area contributed by atoms with Crippen molar-refractivity contribution in [1.29, 1.82) is 0 Å². The Bertz CT molecular complexity index is 1300. The van der Waals surface area contributed by atoms with Crippen molar-refractivity contribution >= 4 is 23.8 Å². The third kappa shape index (κ3) is 4.25. The molecule has 2 aromatic carbocycles. The number of carbonyl (C=O) groups is 4. The van der Waals surface area contributed by atoms with Crippen molar-refractivity contribution in [2.75, 3.05) is 6.54 Å². The molecule has 0 bridgehead atoms. The number of para-hydroxylation sites is 1. The van der Waals surface area contributed by atoms with Gasteiger partial charge in [-0.15, -0.1) is 0 Å². The number of hydrogen-bond acceptors (Lipinski definition) is 5. The predicted molar refractivity (Wildman–Crippen MR) is 126 cm³/mol. The van der Waals surface area contributed by atoms with Crippen LogP contribution in [0.2, 0.25) is 0 Å². The van der Waals surface area contributed by atoms with E-state index in [0.29, 0.717) is 5.69 Å². The maximum atomic E-state index is 13.0. The van der Waals surface area contributed by atoms with Gasteiger partial charge in [0.2, 0.25) is 0 Å². The first kappa shape index (κ1) is 22.3. The van der Waals surface area contributed by atoms with Crippen LogP contribution in [-0.2, 0) is 9.59 Å². The second kappa shape index (κ2) is 8.71. The molecule has 1 saturated carbocycles. The fourth-order valence-corrected chi connectivity index (χ4v) is 4.24. The van der Waals surface area contributed by atoms with E-state index >= 15 is 0 Å². The Hall–Kier alpha value is -4.47. The van der Waals surface area contributed by atoms with Gasteiger partial charge in [-0.25, -0.2) is 9.48 Å². The molecule has 0 spiro atoms. The summed E-state index contributed by atoms with van der Waals surface area (Å²) in [7, 11) is 0. The molecule has 1 aromatic heterocycles. The number of benzene rings is 2. The van der Waals surface area contributed by atoms with E-state index in [1.807, 2.05) is 60.7 Å². The van der Waals surface area contributed by atoms with E-state index in [4.69, 9.17) is 0 Å². The second-order valence-corrected chi connectivity index (χ2v) is 8.84. The molecule has 1 aliphatic carbocycles. The van der Waals surface area contributed by atoms with Gasteiger partial charge in [0, 0.05) is 11.8 Å². The second-order valence-electron chi connectivity index (χ2n) is 8.84. The summed E-state index contributed by atoms with van der Waals surface area (Å²) in [6, 6.07) is 17.9. The average molecular weight is 473 g/mol. The zero-order chi connectivity index (χ0) is 24.6. The summed E-state index contributed by atoms with van der Waals surface area (Å²) in [6.45, 7) is 1.18. The molecule has 2 fully saturated rings. The lowest BCUT2D eigenvalue weighted by molar-refractivity contribution is -0.135. The van der Waals surface area contributed by atoms with E-state index in [1.54, 1.807) is 17.8 Å². The van der Waals surface area contributed by atoms with E-state index < -0.39 is 35.8 Å². The molecule has 10 heteroatoms. The Morgan fingerprint density at radius 2 is 1.69 bits per heavy atom. The quantitative estimate of drug-likeness (QED) is 0.374. The number of imide groups is 1. The first-order chi connectivity index (χ1) is 16.9. The first-order valence-electron chi connectivity index (χ1n) is 11.3. The van der Waals surface area contributed by atoms with Gasteiger partial charge in [-0.1, -0.05) is 48.5 Å². The molecular weight excluding hydrogens is 448 g/mol. The summed E-state index contributed by atoms with van der Waals surface area (Å²) in [6.07, 6.45) is 3.30. The van der Waals surface area contributed by atoms with Crippen LogP contribution in [0, 0.1) is 5.92 Å². The molecule has 3 aromatic rings. The van der Waals surface area contributed by atoms with Crippen LogP contribution >= 0.6 is 0 Å². The summed E-state index contributed by atoms with van der Waals surface area (Å²) < 4.78 is 1.59. The van der Waals surface area contributed by atoms with Crippen molar-refractivity contribution in [3.8, 4) is 16.9 Å². The van der Waals surface area contributed by atoms with E-state index in [1.165, 1.54) is 0 Å². The minimum absolute atomic E-state index is 0.0873. The van der Waals surface area contributed by atoms with Crippen LogP contribution in [0.3, 0.4) is 0 Å². The highest BCUT2D eigenvalue weighted by molar-refractivity contribution is 6.09. The third-order valence-corrected chi connectivity index (χ3v) is 6.34. The van der Waals surface area contributed by atoms with Crippen molar-refractivity contribution in [3.63, 3.8) is 0 Å². The van der Waals surface area contributed by atoms with Crippen molar-refractivity contribution in [3.05, 3.63) is 72.4 Å². The lowest BCUT2D eigenvalue weighted by Crippen LogP contribution is -2.49. The number of aromatic nitrogens is 2. The summed E-state index contributed by atoms with van der Waals surface area (Å²) in [5.74, 6) is -1.62. The lowest BCUT2D eigenvalue weighted by Gasteiger charge is -2.20. The van der Waals surface area contributed by atoms with Gasteiger partial charge in [-0.2, -0.15) is 5.10 Å². The number of amides is 5. The maximum absolute atomic E-state index is 13.0. The molecular formula is C25H24N6O4. The van der Waals surface area contributed by atoms with Crippen LogP contribution in [0.15, 0.2) is 66.9 Å². The summed E-state index contributed by atoms with van der Waals surface area (Å²) in [5, 5.41) is 7.27. The van der Waals surface area contributed by atoms with Crippen LogP contribution in [0.1, 0.15) is 30.1 Å². The summed E-state index contributed by atoms with van der Waals surface area (Å²) >= 11 is 0. The fourth-order valence-electron chi connectivity index (χ4n) is 4.24. The van der Waals surface area contributed by atoms with Gasteiger partial charge in [0.05, 0.1) is 11.3 Å². The molecule has 10 nitrogen and oxygen atoms in total. The zero-order valence-corrected chi connectivity index (χ0v) is 19.0. The number of urea groups is 1. The minimum Gasteiger partial charge on any atom is -0.323 e.